The highest BCUT2D eigenvalue weighted by Crippen LogP contribution is 2.26. The largest absolute Gasteiger partial charge is 0.362 e. The minimum atomic E-state index is 0.0104. The van der Waals surface area contributed by atoms with Crippen LogP contribution in [0.25, 0.3) is 0 Å². The van der Waals surface area contributed by atoms with Gasteiger partial charge in [0.25, 0.3) is 0 Å². The van der Waals surface area contributed by atoms with Crippen molar-refractivity contribution in [3.8, 4) is 0 Å². The number of ether oxygens (including phenoxy) is 3. The van der Waals surface area contributed by atoms with Crippen LogP contribution in [0.2, 0.25) is 0 Å². The van der Waals surface area contributed by atoms with E-state index in [0.717, 1.165) is 216 Å². The van der Waals surface area contributed by atoms with Gasteiger partial charge in [-0.25, -0.2) is 0 Å². The third-order valence-electron chi connectivity index (χ3n) is 30.3. The molecule has 0 aliphatic rings. The fourth-order valence-corrected chi connectivity index (χ4v) is 19.8. The number of amides is 6. The highest BCUT2D eigenvalue weighted by Gasteiger charge is 2.25. The van der Waals surface area contributed by atoms with Gasteiger partial charge in [-0.2, -0.15) is 0 Å². The average Bonchev–Trinajstić information content (AvgIpc) is 0.919. The second-order valence-electron chi connectivity index (χ2n) is 48.5. The van der Waals surface area contributed by atoms with Crippen LogP contribution in [-0.2, 0) is 43.0 Å². The molecule has 0 rings (SSSR count). The third kappa shape index (κ3) is 100. The van der Waals surface area contributed by atoms with Gasteiger partial charge >= 0.3 is 0 Å². The van der Waals surface area contributed by atoms with E-state index < -0.39 is 0 Å². The lowest BCUT2D eigenvalue weighted by atomic mass is 9.95. The molecule has 0 bridgehead atoms. The van der Waals surface area contributed by atoms with Gasteiger partial charge in [-0.3, -0.25) is 28.8 Å². The number of hydrogen-bond acceptors (Lipinski definition) is 9. The zero-order chi connectivity index (χ0) is 107. The van der Waals surface area contributed by atoms with E-state index >= 15 is 0 Å². The van der Waals surface area contributed by atoms with Crippen LogP contribution in [0.1, 0.15) is 603 Å². The van der Waals surface area contributed by atoms with Crippen molar-refractivity contribution in [2.24, 2.45) is 71.0 Å². The molecule has 0 spiro atoms. The molecule has 0 aromatic heterocycles. The van der Waals surface area contributed by atoms with Gasteiger partial charge in [-0.15, -0.1) is 0 Å². The second-order valence-corrected chi connectivity index (χ2v) is 48.5. The Morgan fingerprint density at radius 2 is 0.259 bits per heavy atom. The monoisotopic (exact) mass is 2020 g/mol. The van der Waals surface area contributed by atoms with E-state index in [1.807, 2.05) is 19.6 Å². The first-order valence-corrected chi connectivity index (χ1v) is 63.2. The molecule has 0 fully saturated rings. The van der Waals surface area contributed by atoms with Crippen LogP contribution >= 0.6 is 0 Å². The zero-order valence-electron chi connectivity index (χ0n) is 101. The van der Waals surface area contributed by atoms with Crippen LogP contribution < -0.4 is 0 Å². The smallest absolute Gasteiger partial charge is 0.248 e. The summed E-state index contributed by atoms with van der Waals surface area (Å²) in [6.45, 7) is 64.9. The summed E-state index contributed by atoms with van der Waals surface area (Å²) in [4.78, 5) is 92.2. The van der Waals surface area contributed by atoms with Crippen LogP contribution in [0.4, 0.5) is 0 Å². The molecule has 0 saturated heterocycles. The molecule has 6 unspecified atom stereocenters. The SMILES string of the molecule is CCCCCCCCCCCCN(CCC(C)CCCC(C)C)C(=O)COCC(=O)N(CCCCCCCCCCCC)CCC(C)CCCC(C)C.CCCCCCCCN(CCCCC(C)CCCC(C)C)C(=O)COCC(=O)N(CCCCCCCC)CCCCC(C)CCCC(C)C.CCCCCCN(CCC(C)CCCC(C)C)C(=O)COCC(=O)N(CCCCCC)CCC(C)CCCC(C)C. The lowest BCUT2D eigenvalue weighted by Gasteiger charge is -2.26. The molecule has 15 nitrogen and oxygen atoms in total. The third-order valence-corrected chi connectivity index (χ3v) is 30.3. The van der Waals surface area contributed by atoms with E-state index in [0.29, 0.717) is 23.7 Å². The quantitative estimate of drug-likeness (QED) is 0.0542. The fourth-order valence-electron chi connectivity index (χ4n) is 19.8. The minimum absolute atomic E-state index is 0.0104. The van der Waals surface area contributed by atoms with Gasteiger partial charge in [0.1, 0.15) is 39.6 Å². The van der Waals surface area contributed by atoms with Crippen molar-refractivity contribution in [1.29, 1.82) is 0 Å². The number of carbonyl (C=O) groups excluding carboxylic acids is 6. The van der Waals surface area contributed by atoms with Crippen LogP contribution in [0.15, 0.2) is 0 Å². The van der Waals surface area contributed by atoms with Crippen molar-refractivity contribution in [2.75, 3.05) is 118 Å². The van der Waals surface area contributed by atoms with Crippen LogP contribution in [0, 0.1) is 71.0 Å². The minimum Gasteiger partial charge on any atom is -0.362 e. The van der Waals surface area contributed by atoms with Gasteiger partial charge in [-0.05, 0) is 148 Å². The summed E-state index contributed by atoms with van der Waals surface area (Å²) in [5.74, 6) is 8.89. The summed E-state index contributed by atoms with van der Waals surface area (Å²) in [5, 5.41) is 0. The Balaban J connectivity index is -0.00000207. The molecule has 0 aliphatic heterocycles. The standard InChI is InChI=1S/C48H96N2O3.C44H88N2O3.C36H72N2O3/c1-9-11-13-15-17-19-21-23-25-27-37-49(39-35-45(7)33-29-31-43(3)4)47(51)41-53-42-48(52)50(40-36-46(8)34-30-32-44(5)6)38-28-26-24-22-20-18-16-14-12-10-2;1-9-11-13-15-17-21-33-45(35-23-19-29-41(7)31-25-27-39(3)4)43(47)37-49-38-44(48)46(34-22-18-16-14-12-10-2)36-24-20-30-42(8)32-26-28-40(5)6;1-9-11-13-15-25-37(27-23-33(7)21-17-19-31(3)4)35(39)29-41-30-36(40)38(26-16-14-12-10-2)28-24-34(8)22-18-20-32(5)6/h43-46H,9-42H2,1-8H3;39-42H,9-38H2,1-8H3;31-34H,9-30H2,1-8H3. The first kappa shape index (κ1) is 144. The molecule has 0 aromatic rings. The number of rotatable bonds is 104. The maximum atomic E-state index is 13.5. The lowest BCUT2D eigenvalue weighted by molar-refractivity contribution is -0.143. The molecule has 143 heavy (non-hydrogen) atoms. The Hall–Kier alpha value is -3.30. The molecule has 0 aliphatic carbocycles. The first-order valence-electron chi connectivity index (χ1n) is 63.2. The summed E-state index contributed by atoms with van der Waals surface area (Å²) < 4.78 is 17.6. The molecular formula is C128H256N6O9. The first-order chi connectivity index (χ1) is 68.8. The van der Waals surface area contributed by atoms with E-state index in [1.165, 1.54) is 347 Å². The summed E-state index contributed by atoms with van der Waals surface area (Å²) in [7, 11) is 0. The van der Waals surface area contributed by atoms with E-state index in [9.17, 15) is 28.8 Å². The van der Waals surface area contributed by atoms with E-state index in [4.69, 9.17) is 14.2 Å². The summed E-state index contributed by atoms with van der Waals surface area (Å²) in [6, 6.07) is 0. The Morgan fingerprint density at radius 3 is 0.413 bits per heavy atom. The summed E-state index contributed by atoms with van der Waals surface area (Å²) >= 11 is 0. The molecular weight excluding hydrogens is 1770 g/mol. The van der Waals surface area contributed by atoms with E-state index in [-0.39, 0.29) is 75.1 Å². The van der Waals surface area contributed by atoms with Crippen molar-refractivity contribution in [3.63, 3.8) is 0 Å². The Morgan fingerprint density at radius 1 is 0.140 bits per heavy atom. The predicted molar refractivity (Wildman–Crippen MR) is 624 cm³/mol. The molecule has 852 valence electrons. The Labute approximate surface area is 894 Å². The van der Waals surface area contributed by atoms with Gasteiger partial charge in [0.05, 0.1) is 0 Å². The maximum Gasteiger partial charge on any atom is 0.248 e. The van der Waals surface area contributed by atoms with Crippen molar-refractivity contribution in [3.05, 3.63) is 0 Å². The van der Waals surface area contributed by atoms with E-state index in [2.05, 4.69) is 176 Å². The van der Waals surface area contributed by atoms with Crippen molar-refractivity contribution < 1.29 is 43.0 Å². The highest BCUT2D eigenvalue weighted by atomic mass is 16.5. The molecule has 15 heteroatoms. The van der Waals surface area contributed by atoms with Crippen molar-refractivity contribution >= 4 is 35.4 Å². The fraction of sp³-hybridized carbons (Fsp3) is 0.953. The zero-order valence-corrected chi connectivity index (χ0v) is 101. The molecule has 0 radical (unpaired) electrons. The van der Waals surface area contributed by atoms with Gasteiger partial charge < -0.3 is 43.6 Å². The van der Waals surface area contributed by atoms with Gasteiger partial charge in [0.15, 0.2) is 0 Å². The number of nitrogens with zero attached hydrogens (tertiary/aromatic N) is 6. The summed E-state index contributed by atoms with van der Waals surface area (Å²) in [5.41, 5.74) is 0. The molecule has 0 N–H and O–H groups in total. The van der Waals surface area contributed by atoms with Crippen LogP contribution in [0.3, 0.4) is 0 Å². The van der Waals surface area contributed by atoms with Crippen LogP contribution in [0.5, 0.6) is 0 Å². The highest BCUT2D eigenvalue weighted by molar-refractivity contribution is 5.81. The maximum absolute atomic E-state index is 13.5. The molecule has 0 heterocycles. The Bertz CT molecular complexity index is 2550. The van der Waals surface area contributed by atoms with Crippen molar-refractivity contribution in [1.82, 2.24) is 29.4 Å². The second kappa shape index (κ2) is 106. The molecule has 6 amide bonds. The molecule has 0 saturated carbocycles. The van der Waals surface area contributed by atoms with Gasteiger partial charge in [-0.1, -0.05) is 526 Å². The molecule has 0 aromatic carbocycles. The molecule has 6 atom stereocenters. The number of carbonyl (C=O) groups is 6. The van der Waals surface area contributed by atoms with Crippen LogP contribution in [-0.4, -0.2) is 183 Å². The summed E-state index contributed by atoms with van der Waals surface area (Å²) in [6.07, 6.45) is 83.9. The van der Waals surface area contributed by atoms with Gasteiger partial charge in [0.2, 0.25) is 35.4 Å². The number of hydrogen-bond donors (Lipinski definition) is 0. The Kier molecular flexibility index (Phi) is 106. The van der Waals surface area contributed by atoms with Gasteiger partial charge in [0, 0.05) is 78.5 Å². The number of unbranched alkanes of at least 4 members (excludes halogenated alkanes) is 36. The topological polar surface area (TPSA) is 150 Å². The van der Waals surface area contributed by atoms with E-state index in [1.54, 1.807) is 0 Å². The normalized spacial score (nSPS) is 13.0. The van der Waals surface area contributed by atoms with Crippen molar-refractivity contribution in [2.45, 2.75) is 603 Å². The average molecular weight is 2020 g/mol. The predicted octanol–water partition coefficient (Wildman–Crippen LogP) is 36.4. The lowest BCUT2D eigenvalue weighted by Crippen LogP contribution is -2.39.